The molecule has 0 fully saturated rings. The number of hydrogen-bond acceptors (Lipinski definition) is 5. The van der Waals surface area contributed by atoms with Gasteiger partial charge in [0.05, 0.1) is 28.7 Å². The van der Waals surface area contributed by atoms with Crippen LogP contribution in [0.15, 0.2) is 55.1 Å². The first-order chi connectivity index (χ1) is 13.1. The van der Waals surface area contributed by atoms with Crippen LogP contribution in [0.2, 0.25) is 0 Å². The van der Waals surface area contributed by atoms with E-state index in [-0.39, 0.29) is 11.1 Å². The summed E-state index contributed by atoms with van der Waals surface area (Å²) in [7, 11) is 0. The van der Waals surface area contributed by atoms with Gasteiger partial charge < -0.3 is 4.74 Å². The van der Waals surface area contributed by atoms with Crippen LogP contribution in [-0.2, 0) is 4.74 Å². The largest absolute Gasteiger partial charge is 0.454 e. The maximum absolute atomic E-state index is 14.5. The highest BCUT2D eigenvalue weighted by molar-refractivity contribution is 5.90. The van der Waals surface area contributed by atoms with Crippen LogP contribution in [0.1, 0.15) is 34.6 Å². The van der Waals surface area contributed by atoms with E-state index in [2.05, 4.69) is 15.2 Å². The van der Waals surface area contributed by atoms with Gasteiger partial charge in [0, 0.05) is 24.7 Å². The summed E-state index contributed by atoms with van der Waals surface area (Å²) in [6.45, 7) is 3.37. The first-order valence-electron chi connectivity index (χ1n) is 8.35. The lowest BCUT2D eigenvalue weighted by molar-refractivity contribution is 0.0329. The van der Waals surface area contributed by atoms with Crippen molar-refractivity contribution in [2.75, 3.05) is 0 Å². The van der Waals surface area contributed by atoms with Gasteiger partial charge in [0.15, 0.2) is 5.65 Å². The van der Waals surface area contributed by atoms with Gasteiger partial charge in [0.2, 0.25) is 0 Å². The summed E-state index contributed by atoms with van der Waals surface area (Å²) in [6.07, 6.45) is 5.51. The zero-order chi connectivity index (χ0) is 19.0. The number of carbonyl (C=O) groups excluding carboxylic acids is 1. The predicted octanol–water partition coefficient (Wildman–Crippen LogP) is 3.28. The molecule has 7 nitrogen and oxygen atoms in total. The first kappa shape index (κ1) is 16.9. The monoisotopic (exact) mass is 365 g/mol. The van der Waals surface area contributed by atoms with Crippen molar-refractivity contribution in [1.29, 1.82) is 0 Å². The van der Waals surface area contributed by atoms with E-state index in [1.165, 1.54) is 16.9 Å². The van der Waals surface area contributed by atoms with Gasteiger partial charge in [-0.2, -0.15) is 10.2 Å². The van der Waals surface area contributed by atoms with Gasteiger partial charge in [0.1, 0.15) is 11.9 Å². The fraction of sp³-hybridized carbons (Fsp3) is 0.158. The molecule has 27 heavy (non-hydrogen) atoms. The van der Waals surface area contributed by atoms with E-state index >= 15 is 0 Å². The Labute approximate surface area is 154 Å². The average Bonchev–Trinajstić information content (AvgIpc) is 3.33. The van der Waals surface area contributed by atoms with E-state index in [1.807, 2.05) is 0 Å². The highest BCUT2D eigenvalue weighted by atomic mass is 19.1. The molecule has 0 spiro atoms. The summed E-state index contributed by atoms with van der Waals surface area (Å²) >= 11 is 0. The molecule has 3 aromatic heterocycles. The second-order valence-corrected chi connectivity index (χ2v) is 6.03. The number of carbonyl (C=O) groups is 1. The van der Waals surface area contributed by atoms with E-state index in [1.54, 1.807) is 61.2 Å². The quantitative estimate of drug-likeness (QED) is 0.519. The van der Waals surface area contributed by atoms with Crippen molar-refractivity contribution in [3.05, 3.63) is 77.8 Å². The molecule has 3 heterocycles. The van der Waals surface area contributed by atoms with E-state index < -0.39 is 17.9 Å². The molecule has 4 rings (SSSR count). The number of ether oxygens (including phenoxy) is 1. The summed E-state index contributed by atoms with van der Waals surface area (Å²) in [5.41, 5.74) is 2.27. The second-order valence-electron chi connectivity index (χ2n) is 6.03. The summed E-state index contributed by atoms with van der Waals surface area (Å²) in [4.78, 5) is 16.9. The maximum Gasteiger partial charge on any atom is 0.342 e. The van der Waals surface area contributed by atoms with Crippen LogP contribution >= 0.6 is 0 Å². The molecule has 0 aliphatic rings. The highest BCUT2D eigenvalue weighted by Gasteiger charge is 2.23. The van der Waals surface area contributed by atoms with Crippen LogP contribution in [0.5, 0.6) is 0 Å². The molecule has 1 aromatic carbocycles. The van der Waals surface area contributed by atoms with Crippen LogP contribution in [0.4, 0.5) is 4.39 Å². The summed E-state index contributed by atoms with van der Waals surface area (Å²) in [5.74, 6) is -1.07. The van der Waals surface area contributed by atoms with Crippen molar-refractivity contribution in [2.24, 2.45) is 0 Å². The Kier molecular flexibility index (Phi) is 4.15. The lowest BCUT2D eigenvalue weighted by Gasteiger charge is -2.18. The van der Waals surface area contributed by atoms with Crippen LogP contribution in [-0.4, -0.2) is 30.3 Å². The minimum atomic E-state index is -0.828. The van der Waals surface area contributed by atoms with Crippen LogP contribution in [0, 0.1) is 12.7 Å². The lowest BCUT2D eigenvalue weighted by Crippen LogP contribution is -2.16. The molecule has 4 aromatic rings. The zero-order valence-electron chi connectivity index (χ0n) is 14.7. The smallest absolute Gasteiger partial charge is 0.342 e. The summed E-state index contributed by atoms with van der Waals surface area (Å²) in [6, 6.07) is 8.11. The molecule has 136 valence electrons. The Bertz CT molecular complexity index is 1120. The molecular formula is C19H16FN5O2. The molecular weight excluding hydrogens is 349 g/mol. The topological polar surface area (TPSA) is 74.3 Å². The lowest BCUT2D eigenvalue weighted by atomic mass is 10.1. The van der Waals surface area contributed by atoms with Crippen molar-refractivity contribution in [3.8, 4) is 5.69 Å². The second kappa shape index (κ2) is 6.64. The summed E-state index contributed by atoms with van der Waals surface area (Å²) in [5, 5.41) is 8.27. The number of aromatic nitrogens is 5. The van der Waals surface area contributed by atoms with Crippen LogP contribution < -0.4 is 0 Å². The van der Waals surface area contributed by atoms with Gasteiger partial charge in [-0.25, -0.2) is 23.4 Å². The standard InChI is InChI=1S/C19H16FN5O2/c1-12-14(11-21-17-7-9-23-25(12)17)19(26)27-13(2)18-15(20)5-3-6-16(18)24-10-4-8-22-24/h3-11,13H,1-2H3. The van der Waals surface area contributed by atoms with Gasteiger partial charge in [-0.3, -0.25) is 0 Å². The Balaban J connectivity index is 1.67. The Morgan fingerprint density at radius 2 is 2.04 bits per heavy atom. The first-order valence-corrected chi connectivity index (χ1v) is 8.35. The molecule has 0 aliphatic heterocycles. The van der Waals surface area contributed by atoms with Crippen LogP contribution in [0.3, 0.4) is 0 Å². The third kappa shape index (κ3) is 2.95. The minimum absolute atomic E-state index is 0.250. The third-order valence-corrected chi connectivity index (χ3v) is 4.35. The minimum Gasteiger partial charge on any atom is -0.454 e. The molecule has 1 unspecified atom stereocenters. The van der Waals surface area contributed by atoms with E-state index in [0.29, 0.717) is 17.0 Å². The third-order valence-electron chi connectivity index (χ3n) is 4.35. The Hall–Kier alpha value is -3.55. The number of halogens is 1. The number of hydrogen-bond donors (Lipinski definition) is 0. The molecule has 0 saturated heterocycles. The SMILES string of the molecule is Cc1c(C(=O)OC(C)c2c(F)cccc2-n2cccn2)cnc2ccnn12. The highest BCUT2D eigenvalue weighted by Crippen LogP contribution is 2.28. The average molecular weight is 365 g/mol. The number of nitrogens with zero attached hydrogens (tertiary/aromatic N) is 5. The van der Waals surface area contributed by atoms with E-state index in [9.17, 15) is 9.18 Å². The Morgan fingerprint density at radius 3 is 2.81 bits per heavy atom. The van der Waals surface area contributed by atoms with Gasteiger partial charge >= 0.3 is 5.97 Å². The van der Waals surface area contributed by atoms with Crippen molar-refractivity contribution < 1.29 is 13.9 Å². The molecule has 0 amide bonds. The van der Waals surface area contributed by atoms with Crippen LogP contribution in [0.25, 0.3) is 11.3 Å². The number of aryl methyl sites for hydroxylation is 1. The van der Waals surface area contributed by atoms with Crippen molar-refractivity contribution >= 4 is 11.6 Å². The molecule has 0 radical (unpaired) electrons. The normalized spacial score (nSPS) is 12.3. The molecule has 1 atom stereocenters. The van der Waals surface area contributed by atoms with Gasteiger partial charge in [0.25, 0.3) is 0 Å². The van der Waals surface area contributed by atoms with E-state index in [0.717, 1.165) is 0 Å². The van der Waals surface area contributed by atoms with Crippen molar-refractivity contribution in [3.63, 3.8) is 0 Å². The van der Waals surface area contributed by atoms with Crippen molar-refractivity contribution in [1.82, 2.24) is 24.4 Å². The zero-order valence-corrected chi connectivity index (χ0v) is 14.7. The Morgan fingerprint density at radius 1 is 1.19 bits per heavy atom. The summed E-state index contributed by atoms with van der Waals surface area (Å²) < 4.78 is 23.2. The maximum atomic E-state index is 14.5. The van der Waals surface area contributed by atoms with Gasteiger partial charge in [-0.15, -0.1) is 0 Å². The number of fused-ring (bicyclic) bond motifs is 1. The van der Waals surface area contributed by atoms with E-state index in [4.69, 9.17) is 4.74 Å². The number of rotatable bonds is 4. The molecule has 0 saturated carbocycles. The molecule has 0 aliphatic carbocycles. The predicted molar refractivity (Wildman–Crippen MR) is 95.1 cm³/mol. The number of esters is 1. The van der Waals surface area contributed by atoms with Gasteiger partial charge in [-0.05, 0) is 32.0 Å². The molecule has 0 N–H and O–H groups in total. The fourth-order valence-electron chi connectivity index (χ4n) is 3.01. The number of benzene rings is 1. The fourth-order valence-corrected chi connectivity index (χ4v) is 3.01. The molecule has 0 bridgehead atoms. The molecule has 8 heteroatoms. The van der Waals surface area contributed by atoms with Crippen molar-refractivity contribution in [2.45, 2.75) is 20.0 Å². The van der Waals surface area contributed by atoms with Gasteiger partial charge in [-0.1, -0.05) is 6.07 Å².